The number of non-ortho nitro benzene ring substituents is 1. The summed E-state index contributed by atoms with van der Waals surface area (Å²) >= 11 is 5.98. The highest BCUT2D eigenvalue weighted by molar-refractivity contribution is 6.30. The van der Waals surface area contributed by atoms with E-state index in [0.717, 1.165) is 4.90 Å². The molecule has 1 saturated heterocycles. The molecule has 1 aliphatic heterocycles. The van der Waals surface area contributed by atoms with Gasteiger partial charge in [0, 0.05) is 17.2 Å². The maximum atomic E-state index is 12.6. The van der Waals surface area contributed by atoms with Crippen molar-refractivity contribution in [1.29, 1.82) is 0 Å². The van der Waals surface area contributed by atoms with Crippen LogP contribution in [-0.4, -0.2) is 23.8 Å². The molecule has 0 spiro atoms. The molecule has 7 nitrogen and oxygen atoms in total. The Kier molecular flexibility index (Phi) is 3.81. The van der Waals surface area contributed by atoms with E-state index >= 15 is 0 Å². The fraction of sp³-hybridized carbons (Fsp3) is 0.333. The molecule has 2 amide bonds. The van der Waals surface area contributed by atoms with E-state index in [1.165, 1.54) is 25.3 Å². The summed E-state index contributed by atoms with van der Waals surface area (Å²) in [4.78, 5) is 36.6. The molecule has 0 saturated carbocycles. The number of hydrogen-bond acceptors (Lipinski definition) is 5. The van der Waals surface area contributed by atoms with Crippen molar-refractivity contribution in [1.82, 2.24) is 0 Å². The highest BCUT2D eigenvalue weighted by atomic mass is 35.5. The van der Waals surface area contributed by atoms with Gasteiger partial charge >= 0.3 is 0 Å². The number of benzene rings is 1. The van der Waals surface area contributed by atoms with Gasteiger partial charge in [0.2, 0.25) is 11.8 Å². The van der Waals surface area contributed by atoms with Crippen molar-refractivity contribution in [2.24, 2.45) is 11.8 Å². The molecule has 2 aliphatic rings. The highest BCUT2D eigenvalue weighted by Crippen LogP contribution is 2.43. The van der Waals surface area contributed by atoms with Crippen LogP contribution in [0, 0.1) is 22.0 Å². The van der Waals surface area contributed by atoms with E-state index in [9.17, 15) is 19.7 Å². The molecule has 0 aromatic heterocycles. The number of nitro benzene ring substituents is 1. The van der Waals surface area contributed by atoms with Crippen LogP contribution in [0.5, 0.6) is 5.75 Å². The standard InChI is InChI=1S/C15H13ClN2O5/c1-23-13-5-3-9(18(21)22)7-12(13)17-14(19)10-4-2-8(16)6-11(10)15(17)20/h2-3,5,7,10-11H,4,6H2,1H3/t10-,11-/m0/s1. The smallest absolute Gasteiger partial charge is 0.271 e. The lowest BCUT2D eigenvalue weighted by Crippen LogP contribution is -2.31. The summed E-state index contributed by atoms with van der Waals surface area (Å²) in [6.07, 6.45) is 2.44. The van der Waals surface area contributed by atoms with Crippen molar-refractivity contribution in [3.63, 3.8) is 0 Å². The molecule has 23 heavy (non-hydrogen) atoms. The normalized spacial score (nSPS) is 23.6. The molecule has 1 aromatic rings. The number of hydrogen-bond donors (Lipinski definition) is 0. The fourth-order valence-electron chi connectivity index (χ4n) is 3.03. The molecule has 120 valence electrons. The summed E-state index contributed by atoms with van der Waals surface area (Å²) in [6, 6.07) is 3.82. The number of carbonyl (C=O) groups is 2. The quantitative estimate of drug-likeness (QED) is 0.481. The third-order valence-corrected chi connectivity index (χ3v) is 4.49. The Hall–Kier alpha value is -2.41. The summed E-state index contributed by atoms with van der Waals surface area (Å²) in [6.45, 7) is 0. The number of rotatable bonds is 3. The number of nitrogens with zero attached hydrogens (tertiary/aromatic N) is 2. The average Bonchev–Trinajstić information content (AvgIpc) is 2.77. The maximum absolute atomic E-state index is 12.6. The second-order valence-corrected chi connectivity index (χ2v) is 5.91. The van der Waals surface area contributed by atoms with Gasteiger partial charge in [-0.05, 0) is 18.9 Å². The lowest BCUT2D eigenvalue weighted by molar-refractivity contribution is -0.384. The second kappa shape index (κ2) is 5.66. The lowest BCUT2D eigenvalue weighted by atomic mass is 9.85. The van der Waals surface area contributed by atoms with Crippen LogP contribution >= 0.6 is 11.6 Å². The highest BCUT2D eigenvalue weighted by Gasteiger charge is 2.49. The van der Waals surface area contributed by atoms with Gasteiger partial charge in [0.1, 0.15) is 11.4 Å². The van der Waals surface area contributed by atoms with E-state index in [2.05, 4.69) is 0 Å². The SMILES string of the molecule is COc1ccc([N+](=O)[O-])cc1N1C(=O)[C@H]2CC=C(Cl)C[C@@H]2C1=O. The number of ether oxygens (including phenoxy) is 1. The number of allylic oxidation sites excluding steroid dienone is 2. The number of methoxy groups -OCH3 is 1. The van der Waals surface area contributed by atoms with Crippen molar-refractivity contribution in [3.05, 3.63) is 39.4 Å². The Labute approximate surface area is 136 Å². The lowest BCUT2D eigenvalue weighted by Gasteiger charge is -2.17. The van der Waals surface area contributed by atoms with Crippen LogP contribution in [0.1, 0.15) is 12.8 Å². The molecule has 0 bridgehead atoms. The van der Waals surface area contributed by atoms with E-state index < -0.39 is 22.7 Å². The molecule has 2 atom stereocenters. The van der Waals surface area contributed by atoms with Crippen molar-refractivity contribution in [2.75, 3.05) is 12.0 Å². The van der Waals surface area contributed by atoms with Crippen LogP contribution in [0.25, 0.3) is 0 Å². The van der Waals surface area contributed by atoms with Crippen LogP contribution in [0.15, 0.2) is 29.3 Å². The molecule has 0 radical (unpaired) electrons. The minimum absolute atomic E-state index is 0.0993. The van der Waals surface area contributed by atoms with Gasteiger partial charge in [-0.3, -0.25) is 19.7 Å². The first-order chi connectivity index (χ1) is 10.9. The van der Waals surface area contributed by atoms with Gasteiger partial charge in [0.15, 0.2) is 0 Å². The number of imide groups is 1. The molecule has 1 fully saturated rings. The van der Waals surface area contributed by atoms with Crippen molar-refractivity contribution >= 4 is 34.8 Å². The molecule has 0 N–H and O–H groups in total. The molecule has 0 unspecified atom stereocenters. The topological polar surface area (TPSA) is 89.8 Å². The summed E-state index contributed by atoms with van der Waals surface area (Å²) in [7, 11) is 1.38. The van der Waals surface area contributed by atoms with Gasteiger partial charge in [-0.1, -0.05) is 17.7 Å². The Morgan fingerprint density at radius 2 is 2.00 bits per heavy atom. The van der Waals surface area contributed by atoms with Gasteiger partial charge < -0.3 is 4.74 Å². The third kappa shape index (κ3) is 2.46. The van der Waals surface area contributed by atoms with Gasteiger partial charge in [-0.2, -0.15) is 0 Å². The first kappa shape index (κ1) is 15.5. The monoisotopic (exact) mass is 336 g/mol. The number of nitro groups is 1. The molecule has 1 aliphatic carbocycles. The molecular formula is C15H13ClN2O5. The number of halogens is 1. The third-order valence-electron chi connectivity index (χ3n) is 4.18. The van der Waals surface area contributed by atoms with E-state index in [1.807, 2.05) is 0 Å². The fourth-order valence-corrected chi connectivity index (χ4v) is 3.29. The van der Waals surface area contributed by atoms with Crippen molar-refractivity contribution in [3.8, 4) is 5.75 Å². The Morgan fingerprint density at radius 3 is 2.65 bits per heavy atom. The average molecular weight is 337 g/mol. The zero-order valence-corrected chi connectivity index (χ0v) is 12.9. The summed E-state index contributed by atoms with van der Waals surface area (Å²) in [5.41, 5.74) is -0.116. The summed E-state index contributed by atoms with van der Waals surface area (Å²) in [5, 5.41) is 11.5. The van der Waals surface area contributed by atoms with E-state index in [1.54, 1.807) is 6.08 Å². The molecule has 1 heterocycles. The van der Waals surface area contributed by atoms with Crippen LogP contribution in [0.4, 0.5) is 11.4 Å². The molecule has 3 rings (SSSR count). The zero-order valence-electron chi connectivity index (χ0n) is 12.2. The number of fused-ring (bicyclic) bond motifs is 1. The van der Waals surface area contributed by atoms with Crippen molar-refractivity contribution in [2.45, 2.75) is 12.8 Å². The summed E-state index contributed by atoms with van der Waals surface area (Å²) in [5.74, 6) is -1.54. The first-order valence-corrected chi connectivity index (χ1v) is 7.36. The van der Waals surface area contributed by atoms with Crippen LogP contribution < -0.4 is 9.64 Å². The maximum Gasteiger partial charge on any atom is 0.271 e. The predicted octanol–water partition coefficient (Wildman–Crippen LogP) is 2.63. The Morgan fingerprint density at radius 1 is 1.30 bits per heavy atom. The number of carbonyl (C=O) groups excluding carboxylic acids is 2. The summed E-state index contributed by atoms with van der Waals surface area (Å²) < 4.78 is 5.16. The van der Waals surface area contributed by atoms with Gasteiger partial charge in [0.25, 0.3) is 5.69 Å². The first-order valence-electron chi connectivity index (χ1n) is 6.98. The Balaban J connectivity index is 2.05. The van der Waals surface area contributed by atoms with Crippen LogP contribution in [0.2, 0.25) is 0 Å². The van der Waals surface area contributed by atoms with Gasteiger partial charge in [-0.15, -0.1) is 0 Å². The largest absolute Gasteiger partial charge is 0.495 e. The van der Waals surface area contributed by atoms with Crippen LogP contribution in [-0.2, 0) is 9.59 Å². The van der Waals surface area contributed by atoms with Crippen molar-refractivity contribution < 1.29 is 19.2 Å². The molecule has 1 aromatic carbocycles. The van der Waals surface area contributed by atoms with E-state index in [0.29, 0.717) is 17.9 Å². The zero-order chi connectivity index (χ0) is 16.7. The van der Waals surface area contributed by atoms with Gasteiger partial charge in [0.05, 0.1) is 23.9 Å². The van der Waals surface area contributed by atoms with E-state index in [4.69, 9.17) is 16.3 Å². The van der Waals surface area contributed by atoms with Crippen LogP contribution in [0.3, 0.4) is 0 Å². The van der Waals surface area contributed by atoms with Gasteiger partial charge in [-0.25, -0.2) is 4.90 Å². The number of anilines is 1. The Bertz CT molecular complexity index is 745. The second-order valence-electron chi connectivity index (χ2n) is 5.43. The molecular weight excluding hydrogens is 324 g/mol. The minimum atomic E-state index is -0.584. The number of amides is 2. The molecule has 8 heteroatoms. The predicted molar refractivity (Wildman–Crippen MR) is 82.3 cm³/mol. The minimum Gasteiger partial charge on any atom is -0.495 e. The van der Waals surface area contributed by atoms with E-state index in [-0.39, 0.29) is 23.0 Å².